The van der Waals surface area contributed by atoms with Crippen molar-refractivity contribution >= 4 is 16.9 Å². The van der Waals surface area contributed by atoms with Crippen LogP contribution in [0, 0.1) is 17.8 Å². The molecule has 4 rings (SSSR count). The van der Waals surface area contributed by atoms with E-state index in [4.69, 9.17) is 4.42 Å². The van der Waals surface area contributed by atoms with E-state index in [-0.39, 0.29) is 11.9 Å². The number of nitrogens with zero attached hydrogens (tertiary/aromatic N) is 2. The Bertz CT molecular complexity index is 799. The molecule has 2 unspecified atom stereocenters. The minimum Gasteiger partial charge on any atom is -0.460 e. The van der Waals surface area contributed by atoms with Gasteiger partial charge in [0.05, 0.1) is 5.56 Å². The standard InChI is InChI=1S/C17H17N3O2/c1-2-3-12-10-22-16-13(12)4-6-18-15(16)17(21)19-14-9-20-7-5-11(14)8-20/h4,6,10-11,14H,5,7-9H2,1H3,(H,19,21)/t11-,14?/m0/s1. The zero-order valence-electron chi connectivity index (χ0n) is 12.4. The van der Waals surface area contributed by atoms with E-state index in [1.165, 1.54) is 6.42 Å². The topological polar surface area (TPSA) is 58.4 Å². The summed E-state index contributed by atoms with van der Waals surface area (Å²) in [5.41, 5.74) is 1.65. The molecule has 5 heteroatoms. The Balaban J connectivity index is 1.62. The highest BCUT2D eigenvalue weighted by molar-refractivity contribution is 6.04. The predicted octanol–water partition coefficient (Wildman–Crippen LogP) is 1.63. The predicted molar refractivity (Wildman–Crippen MR) is 82.4 cm³/mol. The number of aromatic nitrogens is 1. The summed E-state index contributed by atoms with van der Waals surface area (Å²) in [5.74, 6) is 6.25. The Morgan fingerprint density at radius 2 is 2.41 bits per heavy atom. The third-order valence-corrected chi connectivity index (χ3v) is 4.61. The van der Waals surface area contributed by atoms with Crippen LogP contribution in [0.5, 0.6) is 0 Å². The van der Waals surface area contributed by atoms with Gasteiger partial charge in [0.15, 0.2) is 11.3 Å². The molecule has 112 valence electrons. The summed E-state index contributed by atoms with van der Waals surface area (Å²) in [6, 6.07) is 2.06. The summed E-state index contributed by atoms with van der Waals surface area (Å²) in [6.07, 6.45) is 4.39. The van der Waals surface area contributed by atoms with Gasteiger partial charge >= 0.3 is 0 Å². The Labute approximate surface area is 128 Å². The second kappa shape index (κ2) is 5.15. The number of piperidine rings is 1. The number of pyridine rings is 1. The minimum absolute atomic E-state index is 0.158. The maximum atomic E-state index is 12.6. The summed E-state index contributed by atoms with van der Waals surface area (Å²) in [7, 11) is 0. The molecule has 2 aromatic rings. The molecule has 3 atom stereocenters. The third kappa shape index (κ3) is 2.08. The number of carbonyl (C=O) groups is 1. The molecule has 0 aliphatic carbocycles. The van der Waals surface area contributed by atoms with Crippen molar-refractivity contribution in [3.63, 3.8) is 0 Å². The number of carbonyl (C=O) groups excluding carboxylic acids is 1. The quantitative estimate of drug-likeness (QED) is 0.856. The van der Waals surface area contributed by atoms with Crippen LogP contribution in [0.1, 0.15) is 29.4 Å². The molecule has 2 bridgehead atoms. The Morgan fingerprint density at radius 3 is 3.14 bits per heavy atom. The molecule has 1 amide bonds. The lowest BCUT2D eigenvalue weighted by molar-refractivity contribution is 0.0920. The summed E-state index contributed by atoms with van der Waals surface area (Å²) in [6.45, 7) is 4.97. The minimum atomic E-state index is -0.158. The lowest BCUT2D eigenvalue weighted by atomic mass is 10.00. The number of nitrogens with one attached hydrogen (secondary N) is 1. The van der Waals surface area contributed by atoms with Crippen LogP contribution in [-0.4, -0.2) is 41.5 Å². The van der Waals surface area contributed by atoms with Crippen molar-refractivity contribution < 1.29 is 9.21 Å². The van der Waals surface area contributed by atoms with Crippen molar-refractivity contribution in [2.75, 3.05) is 19.6 Å². The maximum Gasteiger partial charge on any atom is 0.274 e. The van der Waals surface area contributed by atoms with Gasteiger partial charge in [0.1, 0.15) is 6.26 Å². The van der Waals surface area contributed by atoms with Crippen LogP contribution < -0.4 is 5.32 Å². The van der Waals surface area contributed by atoms with Gasteiger partial charge in [-0.3, -0.25) is 4.79 Å². The van der Waals surface area contributed by atoms with Gasteiger partial charge in [-0.1, -0.05) is 5.92 Å². The van der Waals surface area contributed by atoms with Crippen LogP contribution in [0.3, 0.4) is 0 Å². The number of hydrogen-bond acceptors (Lipinski definition) is 4. The highest BCUT2D eigenvalue weighted by atomic mass is 16.3. The first-order valence-corrected chi connectivity index (χ1v) is 7.58. The van der Waals surface area contributed by atoms with Crippen molar-refractivity contribution in [3.05, 3.63) is 29.8 Å². The van der Waals surface area contributed by atoms with Crippen LogP contribution in [0.15, 0.2) is 22.9 Å². The smallest absolute Gasteiger partial charge is 0.274 e. The second-order valence-electron chi connectivity index (χ2n) is 5.95. The van der Waals surface area contributed by atoms with E-state index in [9.17, 15) is 4.79 Å². The monoisotopic (exact) mass is 295 g/mol. The van der Waals surface area contributed by atoms with Gasteiger partial charge in [0, 0.05) is 30.7 Å². The summed E-state index contributed by atoms with van der Waals surface area (Å²) in [5, 5.41) is 3.96. The molecular formula is C17H17N3O2. The molecule has 0 radical (unpaired) electrons. The lowest BCUT2D eigenvalue weighted by Crippen LogP contribution is -2.43. The molecule has 22 heavy (non-hydrogen) atoms. The third-order valence-electron chi connectivity index (χ3n) is 4.61. The van der Waals surface area contributed by atoms with Crippen LogP contribution >= 0.6 is 0 Å². The average molecular weight is 295 g/mol. The summed E-state index contributed by atoms with van der Waals surface area (Å²) in [4.78, 5) is 19.2. The largest absolute Gasteiger partial charge is 0.460 e. The van der Waals surface area contributed by atoms with Gasteiger partial charge in [-0.15, -0.1) is 5.92 Å². The Morgan fingerprint density at radius 1 is 1.50 bits per heavy atom. The van der Waals surface area contributed by atoms with E-state index < -0.39 is 0 Å². The molecule has 0 aromatic carbocycles. The van der Waals surface area contributed by atoms with Gasteiger partial charge in [-0.2, -0.15) is 0 Å². The zero-order valence-corrected chi connectivity index (χ0v) is 12.4. The van der Waals surface area contributed by atoms with E-state index in [2.05, 4.69) is 27.0 Å². The van der Waals surface area contributed by atoms with E-state index in [0.29, 0.717) is 17.2 Å². The number of fused-ring (bicyclic) bond motifs is 3. The molecule has 2 aromatic heterocycles. The number of hydrogen-bond donors (Lipinski definition) is 1. The van der Waals surface area contributed by atoms with Crippen molar-refractivity contribution in [3.8, 4) is 11.8 Å². The molecule has 2 saturated heterocycles. The van der Waals surface area contributed by atoms with Gasteiger partial charge in [-0.05, 0) is 31.9 Å². The SMILES string of the molecule is CC#Cc1coc2c(C(=O)NC3CN4CC[C@H]3C4)nccc12. The Hall–Kier alpha value is -2.32. The van der Waals surface area contributed by atoms with Gasteiger partial charge < -0.3 is 14.6 Å². The van der Waals surface area contributed by atoms with Crippen molar-refractivity contribution in [2.45, 2.75) is 19.4 Å². The lowest BCUT2D eigenvalue weighted by Gasteiger charge is -2.22. The normalized spacial score (nSPS) is 26.0. The molecule has 5 nitrogen and oxygen atoms in total. The highest BCUT2D eigenvalue weighted by Gasteiger charge is 2.39. The van der Waals surface area contributed by atoms with E-state index in [1.807, 2.05) is 6.07 Å². The number of amides is 1. The molecular weight excluding hydrogens is 278 g/mol. The number of rotatable bonds is 2. The van der Waals surface area contributed by atoms with Crippen LogP contribution in [0.4, 0.5) is 0 Å². The first-order valence-electron chi connectivity index (χ1n) is 7.58. The molecule has 1 N–H and O–H groups in total. The fourth-order valence-corrected chi connectivity index (χ4v) is 3.54. The summed E-state index contributed by atoms with van der Waals surface area (Å²) < 4.78 is 5.54. The summed E-state index contributed by atoms with van der Waals surface area (Å²) >= 11 is 0. The molecule has 2 aliphatic rings. The van der Waals surface area contributed by atoms with Crippen LogP contribution in [0.25, 0.3) is 11.0 Å². The van der Waals surface area contributed by atoms with E-state index in [0.717, 1.165) is 30.6 Å². The highest BCUT2D eigenvalue weighted by Crippen LogP contribution is 2.28. The van der Waals surface area contributed by atoms with Crippen molar-refractivity contribution in [1.82, 2.24) is 15.2 Å². The average Bonchev–Trinajstić information content (AvgIpc) is 3.23. The first-order chi connectivity index (χ1) is 10.8. The van der Waals surface area contributed by atoms with E-state index >= 15 is 0 Å². The van der Waals surface area contributed by atoms with Gasteiger partial charge in [0.25, 0.3) is 5.91 Å². The molecule has 0 saturated carbocycles. The maximum absolute atomic E-state index is 12.6. The number of furan rings is 1. The second-order valence-corrected chi connectivity index (χ2v) is 5.95. The molecule has 2 fully saturated rings. The fraction of sp³-hybridized carbons (Fsp3) is 0.412. The molecule has 2 aliphatic heterocycles. The first kappa shape index (κ1) is 13.4. The van der Waals surface area contributed by atoms with Crippen LogP contribution in [-0.2, 0) is 0 Å². The van der Waals surface area contributed by atoms with E-state index in [1.54, 1.807) is 19.4 Å². The van der Waals surface area contributed by atoms with Crippen LogP contribution in [0.2, 0.25) is 0 Å². The Kier molecular flexibility index (Phi) is 3.12. The zero-order chi connectivity index (χ0) is 15.1. The van der Waals surface area contributed by atoms with Gasteiger partial charge in [0.2, 0.25) is 0 Å². The fourth-order valence-electron chi connectivity index (χ4n) is 3.54. The molecule has 4 heterocycles. The molecule has 0 spiro atoms. The van der Waals surface area contributed by atoms with Crippen molar-refractivity contribution in [1.29, 1.82) is 0 Å². The van der Waals surface area contributed by atoms with Crippen molar-refractivity contribution in [2.24, 2.45) is 5.92 Å². The van der Waals surface area contributed by atoms with Gasteiger partial charge in [-0.25, -0.2) is 4.98 Å².